The molecule has 1 aliphatic heterocycles. The summed E-state index contributed by atoms with van der Waals surface area (Å²) in [6.45, 7) is 2.49. The van der Waals surface area contributed by atoms with E-state index in [1.807, 2.05) is 43.3 Å². The Balaban J connectivity index is 1.70. The molecule has 0 aliphatic carbocycles. The first-order valence-electron chi connectivity index (χ1n) is 9.40. The molecule has 1 unspecified atom stereocenters. The van der Waals surface area contributed by atoms with Crippen LogP contribution in [0.1, 0.15) is 39.4 Å². The number of aromatic nitrogens is 1. The number of anilines is 1. The SMILES string of the molecule is CCOc1ccc(C2Nc3ccc(I)cc3C(=O)N2NC(=O)c2ccncc2)cc1. The minimum absolute atomic E-state index is 0.288. The van der Waals surface area contributed by atoms with Crippen molar-refractivity contribution in [2.45, 2.75) is 13.1 Å². The Bertz CT molecular complexity index is 1070. The van der Waals surface area contributed by atoms with Gasteiger partial charge in [0.05, 0.1) is 12.2 Å². The highest BCUT2D eigenvalue weighted by Crippen LogP contribution is 2.33. The van der Waals surface area contributed by atoms with Gasteiger partial charge in [-0.2, -0.15) is 0 Å². The lowest BCUT2D eigenvalue weighted by Gasteiger charge is -2.37. The van der Waals surface area contributed by atoms with Crippen molar-refractivity contribution in [2.24, 2.45) is 0 Å². The molecule has 2 aromatic carbocycles. The number of carbonyl (C=O) groups is 2. The Kier molecular flexibility index (Phi) is 5.84. The predicted octanol–water partition coefficient (Wildman–Crippen LogP) is 4.00. The van der Waals surface area contributed by atoms with Crippen LogP contribution >= 0.6 is 22.6 Å². The summed E-state index contributed by atoms with van der Waals surface area (Å²) in [5.41, 5.74) is 5.19. The molecule has 0 bridgehead atoms. The van der Waals surface area contributed by atoms with Crippen molar-refractivity contribution < 1.29 is 14.3 Å². The van der Waals surface area contributed by atoms with Crippen molar-refractivity contribution in [1.29, 1.82) is 0 Å². The van der Waals surface area contributed by atoms with Crippen LogP contribution in [-0.4, -0.2) is 28.4 Å². The summed E-state index contributed by atoms with van der Waals surface area (Å²) in [6, 6.07) is 16.2. The number of carbonyl (C=O) groups excluding carboxylic acids is 2. The van der Waals surface area contributed by atoms with E-state index in [1.54, 1.807) is 18.2 Å². The van der Waals surface area contributed by atoms with Gasteiger partial charge in [0.25, 0.3) is 11.8 Å². The quantitative estimate of drug-likeness (QED) is 0.504. The van der Waals surface area contributed by atoms with E-state index >= 15 is 0 Å². The molecular formula is C22H19IN4O3. The third-order valence-electron chi connectivity index (χ3n) is 4.65. The second kappa shape index (κ2) is 8.70. The summed E-state index contributed by atoms with van der Waals surface area (Å²) in [6.07, 6.45) is 2.49. The average molecular weight is 514 g/mol. The first-order chi connectivity index (χ1) is 14.6. The minimum atomic E-state index is -0.577. The van der Waals surface area contributed by atoms with Crippen LogP contribution in [0.5, 0.6) is 5.75 Å². The molecule has 4 rings (SSSR count). The summed E-state index contributed by atoms with van der Waals surface area (Å²) < 4.78 is 6.44. The monoisotopic (exact) mass is 514 g/mol. The maximum Gasteiger partial charge on any atom is 0.276 e. The van der Waals surface area contributed by atoms with Gasteiger partial charge in [-0.15, -0.1) is 0 Å². The van der Waals surface area contributed by atoms with Crippen molar-refractivity contribution in [3.8, 4) is 5.75 Å². The number of rotatable bonds is 5. The summed E-state index contributed by atoms with van der Waals surface area (Å²) in [7, 11) is 0. The number of ether oxygens (including phenoxy) is 1. The minimum Gasteiger partial charge on any atom is -0.494 e. The number of pyridine rings is 1. The van der Waals surface area contributed by atoms with Crippen LogP contribution in [0.3, 0.4) is 0 Å². The smallest absolute Gasteiger partial charge is 0.276 e. The lowest BCUT2D eigenvalue weighted by atomic mass is 10.0. The molecule has 3 aromatic rings. The fourth-order valence-electron chi connectivity index (χ4n) is 3.22. The molecule has 8 heteroatoms. The van der Waals surface area contributed by atoms with Gasteiger partial charge in [0.1, 0.15) is 11.9 Å². The van der Waals surface area contributed by atoms with Crippen molar-refractivity contribution in [2.75, 3.05) is 11.9 Å². The van der Waals surface area contributed by atoms with Crippen LogP contribution in [0.4, 0.5) is 5.69 Å². The molecule has 7 nitrogen and oxygen atoms in total. The van der Waals surface area contributed by atoms with Gasteiger partial charge in [-0.3, -0.25) is 20.0 Å². The summed E-state index contributed by atoms with van der Waals surface area (Å²) in [4.78, 5) is 30.0. The molecule has 2 N–H and O–H groups in total. The topological polar surface area (TPSA) is 83.6 Å². The molecule has 2 heterocycles. The second-order valence-electron chi connectivity index (χ2n) is 6.59. The van der Waals surface area contributed by atoms with Gasteiger partial charge in [-0.05, 0) is 77.5 Å². The van der Waals surface area contributed by atoms with E-state index in [2.05, 4.69) is 38.3 Å². The first kappa shape index (κ1) is 20.1. The standard InChI is InChI=1S/C22H19IN4O3/c1-2-30-17-6-3-14(4-7-17)20-25-19-8-5-16(23)13-18(19)22(29)27(20)26-21(28)15-9-11-24-12-10-15/h3-13,20,25H,2H2,1H3,(H,26,28). The number of hydrogen-bond donors (Lipinski definition) is 2. The molecule has 1 aliphatic rings. The zero-order chi connectivity index (χ0) is 21.1. The van der Waals surface area contributed by atoms with E-state index in [4.69, 9.17) is 4.74 Å². The largest absolute Gasteiger partial charge is 0.494 e. The molecule has 2 amide bonds. The van der Waals surface area contributed by atoms with E-state index in [1.165, 1.54) is 17.4 Å². The number of fused-ring (bicyclic) bond motifs is 1. The first-order valence-corrected chi connectivity index (χ1v) is 10.5. The fourth-order valence-corrected chi connectivity index (χ4v) is 3.71. The number of nitrogens with one attached hydrogen (secondary N) is 2. The highest BCUT2D eigenvalue weighted by Gasteiger charge is 2.34. The molecule has 0 fully saturated rings. The fraction of sp³-hybridized carbons (Fsp3) is 0.136. The number of benzene rings is 2. The molecular weight excluding hydrogens is 495 g/mol. The van der Waals surface area contributed by atoms with Crippen LogP contribution in [0.25, 0.3) is 0 Å². The lowest BCUT2D eigenvalue weighted by molar-refractivity contribution is 0.0491. The molecule has 1 aromatic heterocycles. The van der Waals surface area contributed by atoms with Crippen molar-refractivity contribution >= 4 is 40.1 Å². The predicted molar refractivity (Wildman–Crippen MR) is 121 cm³/mol. The summed E-state index contributed by atoms with van der Waals surface area (Å²) in [5.74, 6) is 0.0619. The van der Waals surface area contributed by atoms with Crippen LogP contribution in [-0.2, 0) is 0 Å². The van der Waals surface area contributed by atoms with E-state index < -0.39 is 12.1 Å². The van der Waals surface area contributed by atoms with Gasteiger partial charge < -0.3 is 10.1 Å². The molecule has 0 radical (unpaired) electrons. The molecule has 0 spiro atoms. The number of hydrazine groups is 1. The Morgan fingerprint density at radius 1 is 1.17 bits per heavy atom. The highest BCUT2D eigenvalue weighted by molar-refractivity contribution is 14.1. The second-order valence-corrected chi connectivity index (χ2v) is 7.84. The summed E-state index contributed by atoms with van der Waals surface area (Å²) in [5, 5.41) is 4.69. The number of amides is 2. The number of hydrogen-bond acceptors (Lipinski definition) is 5. The van der Waals surface area contributed by atoms with Gasteiger partial charge in [0.2, 0.25) is 0 Å². The van der Waals surface area contributed by atoms with E-state index in [0.717, 1.165) is 14.9 Å². The molecule has 1 atom stereocenters. The maximum absolute atomic E-state index is 13.3. The van der Waals surface area contributed by atoms with Crippen LogP contribution in [0, 0.1) is 3.57 Å². The Labute approximate surface area is 187 Å². The van der Waals surface area contributed by atoms with Crippen LogP contribution < -0.4 is 15.5 Å². The third kappa shape index (κ3) is 4.09. The lowest BCUT2D eigenvalue weighted by Crippen LogP contribution is -2.52. The highest BCUT2D eigenvalue weighted by atomic mass is 127. The Hall–Kier alpha value is -3.14. The van der Waals surface area contributed by atoms with E-state index in [-0.39, 0.29) is 5.91 Å². The van der Waals surface area contributed by atoms with Crippen molar-refractivity contribution in [1.82, 2.24) is 15.4 Å². The number of nitrogens with zero attached hydrogens (tertiary/aromatic N) is 2. The van der Waals surface area contributed by atoms with Gasteiger partial charge in [0.15, 0.2) is 0 Å². The van der Waals surface area contributed by atoms with Crippen LogP contribution in [0.2, 0.25) is 0 Å². The van der Waals surface area contributed by atoms with E-state index in [9.17, 15) is 9.59 Å². The maximum atomic E-state index is 13.3. The van der Waals surface area contributed by atoms with Gasteiger partial charge in [-0.1, -0.05) is 12.1 Å². The number of halogens is 1. The van der Waals surface area contributed by atoms with Crippen molar-refractivity contribution in [3.05, 3.63) is 87.3 Å². The van der Waals surface area contributed by atoms with Gasteiger partial charge in [0, 0.05) is 27.2 Å². The Morgan fingerprint density at radius 2 is 1.90 bits per heavy atom. The summed E-state index contributed by atoms with van der Waals surface area (Å²) >= 11 is 2.16. The molecule has 0 saturated heterocycles. The Morgan fingerprint density at radius 3 is 2.60 bits per heavy atom. The van der Waals surface area contributed by atoms with E-state index in [0.29, 0.717) is 23.4 Å². The zero-order valence-corrected chi connectivity index (χ0v) is 18.3. The average Bonchev–Trinajstić information content (AvgIpc) is 2.77. The van der Waals surface area contributed by atoms with Crippen molar-refractivity contribution in [3.63, 3.8) is 0 Å². The zero-order valence-electron chi connectivity index (χ0n) is 16.1. The molecule has 152 valence electrons. The van der Waals surface area contributed by atoms with Crippen LogP contribution in [0.15, 0.2) is 67.0 Å². The third-order valence-corrected chi connectivity index (χ3v) is 5.32. The molecule has 0 saturated carbocycles. The molecule has 30 heavy (non-hydrogen) atoms. The van der Waals surface area contributed by atoms with Gasteiger partial charge in [-0.25, -0.2) is 5.01 Å². The normalized spacial score (nSPS) is 15.2. The van der Waals surface area contributed by atoms with Gasteiger partial charge >= 0.3 is 0 Å².